The molecule has 0 bridgehead atoms. The van der Waals surface area contributed by atoms with E-state index >= 15 is 0 Å². The van der Waals surface area contributed by atoms with Gasteiger partial charge < -0.3 is 9.84 Å². The monoisotopic (exact) mass is 286 g/mol. The first-order chi connectivity index (χ1) is 8.59. The summed E-state index contributed by atoms with van der Waals surface area (Å²) >= 11 is 6.71. The van der Waals surface area contributed by atoms with Gasteiger partial charge in [0.1, 0.15) is 11.5 Å². The molecule has 0 aliphatic carbocycles. The quantitative estimate of drug-likeness (QED) is 0.929. The Bertz CT molecular complexity index is 582. The van der Waals surface area contributed by atoms with Crippen LogP contribution in [0.15, 0.2) is 29.6 Å². The molecule has 0 amide bonds. The van der Waals surface area contributed by atoms with Crippen LogP contribution in [-0.2, 0) is 6.61 Å². The largest absolute Gasteiger partial charge is 0.486 e. The van der Waals surface area contributed by atoms with Crippen LogP contribution in [0, 0.1) is 5.82 Å². The Labute approximate surface area is 111 Å². The first-order valence-electron chi connectivity index (χ1n) is 4.96. The van der Waals surface area contributed by atoms with Crippen molar-refractivity contribution in [3.63, 3.8) is 0 Å². The highest BCUT2D eigenvalue weighted by Gasteiger charge is 2.13. The number of benzene rings is 1. The van der Waals surface area contributed by atoms with Crippen molar-refractivity contribution in [3.8, 4) is 5.75 Å². The highest BCUT2D eigenvalue weighted by molar-refractivity contribution is 7.12. The lowest BCUT2D eigenvalue weighted by Crippen LogP contribution is -2.02. The van der Waals surface area contributed by atoms with Crippen molar-refractivity contribution >= 4 is 28.9 Å². The number of ether oxygens (including phenoxy) is 1. The van der Waals surface area contributed by atoms with Gasteiger partial charge in [0.05, 0.1) is 5.02 Å². The first kappa shape index (κ1) is 12.9. The minimum atomic E-state index is -1.02. The van der Waals surface area contributed by atoms with Gasteiger partial charge in [-0.15, -0.1) is 11.3 Å². The molecular formula is C12H8ClFO3S. The van der Waals surface area contributed by atoms with E-state index in [1.807, 2.05) is 0 Å². The van der Waals surface area contributed by atoms with Gasteiger partial charge in [-0.2, -0.15) is 0 Å². The van der Waals surface area contributed by atoms with Crippen LogP contribution in [0.25, 0.3) is 0 Å². The Hall–Kier alpha value is -1.59. The summed E-state index contributed by atoms with van der Waals surface area (Å²) in [5, 5.41) is 10.5. The van der Waals surface area contributed by atoms with Gasteiger partial charge in [-0.25, -0.2) is 9.18 Å². The molecule has 0 unspecified atom stereocenters. The first-order valence-corrected chi connectivity index (χ1v) is 6.22. The van der Waals surface area contributed by atoms with Crippen molar-refractivity contribution in [2.24, 2.45) is 0 Å². The molecule has 0 aliphatic heterocycles. The molecule has 1 N–H and O–H groups in total. The van der Waals surface area contributed by atoms with Crippen LogP contribution in [0.2, 0.25) is 5.02 Å². The zero-order valence-electron chi connectivity index (χ0n) is 9.02. The van der Waals surface area contributed by atoms with E-state index in [0.717, 1.165) is 11.3 Å². The summed E-state index contributed by atoms with van der Waals surface area (Å²) in [6, 6.07) is 6.05. The molecular weight excluding hydrogens is 279 g/mol. The molecule has 1 aromatic heterocycles. The molecule has 0 saturated carbocycles. The lowest BCUT2D eigenvalue weighted by atomic mass is 10.2. The summed E-state index contributed by atoms with van der Waals surface area (Å²) in [6.45, 7) is -0.0115. The second kappa shape index (κ2) is 5.37. The minimum Gasteiger partial charge on any atom is -0.486 e. The molecule has 2 aromatic rings. The Balaban J connectivity index is 2.14. The van der Waals surface area contributed by atoms with E-state index in [4.69, 9.17) is 21.4 Å². The van der Waals surface area contributed by atoms with Gasteiger partial charge in [0.2, 0.25) is 0 Å². The lowest BCUT2D eigenvalue weighted by molar-refractivity contribution is 0.0699. The third kappa shape index (κ3) is 2.63. The van der Waals surface area contributed by atoms with Gasteiger partial charge in [0, 0.05) is 5.56 Å². The SMILES string of the molecule is O=C(O)c1sccc1COc1cccc(Cl)c1F. The summed E-state index contributed by atoms with van der Waals surface area (Å²) in [4.78, 5) is 11.1. The Morgan fingerprint density at radius 2 is 2.22 bits per heavy atom. The number of hydrogen-bond donors (Lipinski definition) is 1. The number of carbonyl (C=O) groups is 1. The summed E-state index contributed by atoms with van der Waals surface area (Å²) in [6.07, 6.45) is 0. The second-order valence-electron chi connectivity index (χ2n) is 3.42. The molecule has 94 valence electrons. The average Bonchev–Trinajstić information content (AvgIpc) is 2.79. The molecule has 1 heterocycles. The summed E-state index contributed by atoms with van der Waals surface area (Å²) in [5.41, 5.74) is 0.506. The fourth-order valence-electron chi connectivity index (χ4n) is 1.39. The number of carboxylic acid groups (broad SMARTS) is 1. The maximum absolute atomic E-state index is 13.5. The molecule has 0 atom stereocenters. The molecule has 0 fully saturated rings. The standard InChI is InChI=1S/C12H8ClFO3S/c13-8-2-1-3-9(10(8)14)17-6-7-4-5-18-11(7)12(15)16/h1-5H,6H2,(H,15,16). The van der Waals surface area contributed by atoms with Gasteiger partial charge in [-0.3, -0.25) is 0 Å². The van der Waals surface area contributed by atoms with Crippen LogP contribution in [-0.4, -0.2) is 11.1 Å². The normalized spacial score (nSPS) is 10.3. The third-order valence-electron chi connectivity index (χ3n) is 2.24. The predicted molar refractivity (Wildman–Crippen MR) is 67.0 cm³/mol. The average molecular weight is 287 g/mol. The Morgan fingerprint density at radius 1 is 1.44 bits per heavy atom. The minimum absolute atomic E-state index is 0.00467. The van der Waals surface area contributed by atoms with E-state index in [9.17, 15) is 9.18 Å². The van der Waals surface area contributed by atoms with Crippen LogP contribution in [0.1, 0.15) is 15.2 Å². The lowest BCUT2D eigenvalue weighted by Gasteiger charge is -2.07. The Morgan fingerprint density at radius 3 is 2.94 bits per heavy atom. The van der Waals surface area contributed by atoms with Crippen molar-refractivity contribution in [2.45, 2.75) is 6.61 Å². The van der Waals surface area contributed by atoms with Crippen molar-refractivity contribution in [2.75, 3.05) is 0 Å². The molecule has 0 saturated heterocycles. The second-order valence-corrected chi connectivity index (χ2v) is 4.74. The fourth-order valence-corrected chi connectivity index (χ4v) is 2.30. The van der Waals surface area contributed by atoms with E-state index < -0.39 is 11.8 Å². The van der Waals surface area contributed by atoms with Crippen molar-refractivity contribution in [3.05, 3.63) is 50.9 Å². The van der Waals surface area contributed by atoms with Gasteiger partial charge in [-0.05, 0) is 23.6 Å². The highest BCUT2D eigenvalue weighted by atomic mass is 35.5. The number of aromatic carboxylic acids is 1. The van der Waals surface area contributed by atoms with E-state index in [2.05, 4.69) is 0 Å². The number of rotatable bonds is 4. The topological polar surface area (TPSA) is 46.5 Å². The van der Waals surface area contributed by atoms with E-state index in [1.54, 1.807) is 17.5 Å². The molecule has 3 nitrogen and oxygen atoms in total. The summed E-state index contributed by atoms with van der Waals surface area (Å²) in [5.74, 6) is -1.66. The van der Waals surface area contributed by atoms with E-state index in [-0.39, 0.29) is 22.3 Å². The summed E-state index contributed by atoms with van der Waals surface area (Å²) < 4.78 is 18.8. The maximum Gasteiger partial charge on any atom is 0.346 e. The van der Waals surface area contributed by atoms with Crippen LogP contribution in [0.4, 0.5) is 4.39 Å². The summed E-state index contributed by atoms with van der Waals surface area (Å²) in [7, 11) is 0. The molecule has 18 heavy (non-hydrogen) atoms. The smallest absolute Gasteiger partial charge is 0.346 e. The molecule has 0 radical (unpaired) electrons. The van der Waals surface area contributed by atoms with Gasteiger partial charge in [0.25, 0.3) is 0 Å². The number of halogens is 2. The predicted octanol–water partition coefficient (Wildman–Crippen LogP) is 3.82. The fraction of sp³-hybridized carbons (Fsp3) is 0.0833. The van der Waals surface area contributed by atoms with Crippen molar-refractivity contribution in [1.29, 1.82) is 0 Å². The molecule has 0 spiro atoms. The number of thiophene rings is 1. The van der Waals surface area contributed by atoms with Crippen molar-refractivity contribution in [1.82, 2.24) is 0 Å². The van der Waals surface area contributed by atoms with Gasteiger partial charge >= 0.3 is 5.97 Å². The van der Waals surface area contributed by atoms with Crippen LogP contribution in [0.5, 0.6) is 5.75 Å². The van der Waals surface area contributed by atoms with Crippen LogP contribution >= 0.6 is 22.9 Å². The Kier molecular flexibility index (Phi) is 3.84. The zero-order chi connectivity index (χ0) is 13.1. The van der Waals surface area contributed by atoms with Gasteiger partial charge in [0.15, 0.2) is 11.6 Å². The van der Waals surface area contributed by atoms with Crippen LogP contribution in [0.3, 0.4) is 0 Å². The zero-order valence-corrected chi connectivity index (χ0v) is 10.6. The van der Waals surface area contributed by atoms with Crippen molar-refractivity contribution < 1.29 is 19.0 Å². The number of hydrogen-bond acceptors (Lipinski definition) is 3. The number of carboxylic acids is 1. The molecule has 0 aliphatic rings. The highest BCUT2D eigenvalue weighted by Crippen LogP contribution is 2.26. The van der Waals surface area contributed by atoms with Crippen LogP contribution < -0.4 is 4.74 Å². The molecule has 2 rings (SSSR count). The molecule has 6 heteroatoms. The molecule has 1 aromatic carbocycles. The van der Waals surface area contributed by atoms with E-state index in [0.29, 0.717) is 5.56 Å². The van der Waals surface area contributed by atoms with E-state index in [1.165, 1.54) is 12.1 Å². The third-order valence-corrected chi connectivity index (χ3v) is 3.48. The maximum atomic E-state index is 13.5. The van der Waals surface area contributed by atoms with Gasteiger partial charge in [-0.1, -0.05) is 17.7 Å².